The van der Waals surface area contributed by atoms with Crippen molar-refractivity contribution in [2.45, 2.75) is 28.9 Å². The van der Waals surface area contributed by atoms with Crippen LogP contribution >= 0.6 is 11.8 Å². The van der Waals surface area contributed by atoms with Crippen LogP contribution in [0.5, 0.6) is 0 Å². The van der Waals surface area contributed by atoms with Crippen molar-refractivity contribution in [2.75, 3.05) is 0 Å². The average Bonchev–Trinajstić information content (AvgIpc) is 2.79. The Bertz CT molecular complexity index is 880. The molecule has 0 spiro atoms. The molecule has 4 rings (SSSR count). The summed E-state index contributed by atoms with van der Waals surface area (Å²) in [5, 5.41) is 0.707. The summed E-state index contributed by atoms with van der Waals surface area (Å²) in [5.74, 6) is 0. The molecule has 1 aliphatic rings. The highest BCUT2D eigenvalue weighted by molar-refractivity contribution is 8.02. The van der Waals surface area contributed by atoms with Gasteiger partial charge < -0.3 is 4.57 Å². The second-order valence-electron chi connectivity index (χ2n) is 6.00. The van der Waals surface area contributed by atoms with Crippen LogP contribution in [0.3, 0.4) is 0 Å². The molecule has 1 saturated heterocycles. The van der Waals surface area contributed by atoms with E-state index in [0.29, 0.717) is 11.0 Å². The molecule has 0 radical (unpaired) electrons. The maximum Gasteiger partial charge on any atom is 0.412 e. The van der Waals surface area contributed by atoms with E-state index < -0.39 is 28.9 Å². The predicted octanol–water partition coefficient (Wildman–Crippen LogP) is 6.29. The highest BCUT2D eigenvalue weighted by Crippen LogP contribution is 2.68. The van der Waals surface area contributed by atoms with Gasteiger partial charge in [0.2, 0.25) is 4.75 Å². The van der Waals surface area contributed by atoms with Gasteiger partial charge in [-0.3, -0.25) is 0 Å². The van der Waals surface area contributed by atoms with E-state index in [2.05, 4.69) is 0 Å². The van der Waals surface area contributed by atoms with Gasteiger partial charge in [-0.05, 0) is 12.1 Å². The van der Waals surface area contributed by atoms with Gasteiger partial charge in [0.15, 0.2) is 0 Å². The Kier molecular flexibility index (Phi) is 3.39. The Balaban J connectivity index is 1.85. The molecule has 0 aliphatic carbocycles. The van der Waals surface area contributed by atoms with Gasteiger partial charge in [0.25, 0.3) is 0 Å². The summed E-state index contributed by atoms with van der Waals surface area (Å²) in [7, 11) is 0. The number of hydrogen-bond donors (Lipinski definition) is 0. The second-order valence-corrected chi connectivity index (χ2v) is 7.48. The minimum absolute atomic E-state index is 0.0647. The van der Waals surface area contributed by atoms with E-state index in [-0.39, 0.29) is 11.8 Å². The second kappa shape index (κ2) is 5.09. The van der Waals surface area contributed by atoms with Gasteiger partial charge in [-0.2, -0.15) is 26.3 Å². The highest BCUT2D eigenvalue weighted by Gasteiger charge is 2.77. The lowest BCUT2D eigenvalue weighted by atomic mass is 10.0. The van der Waals surface area contributed by atoms with Gasteiger partial charge in [-0.15, -0.1) is 11.8 Å². The molecule has 1 aliphatic heterocycles. The molecule has 0 saturated carbocycles. The van der Waals surface area contributed by atoms with Crippen LogP contribution in [0.25, 0.3) is 21.8 Å². The lowest BCUT2D eigenvalue weighted by Gasteiger charge is -2.48. The summed E-state index contributed by atoms with van der Waals surface area (Å²) in [6.45, 7) is 0. The molecule has 2 aromatic carbocycles. The first-order chi connectivity index (χ1) is 11.7. The molecule has 8 heteroatoms. The van der Waals surface area contributed by atoms with Crippen molar-refractivity contribution in [1.82, 2.24) is 4.57 Å². The zero-order valence-corrected chi connectivity index (χ0v) is 13.3. The largest absolute Gasteiger partial charge is 0.412 e. The highest BCUT2D eigenvalue weighted by atomic mass is 32.2. The van der Waals surface area contributed by atoms with Crippen LogP contribution in [0.1, 0.15) is 11.8 Å². The van der Waals surface area contributed by atoms with Gasteiger partial charge in [0, 0.05) is 17.2 Å². The molecule has 1 nitrogen and oxygen atoms in total. The van der Waals surface area contributed by atoms with Crippen molar-refractivity contribution in [3.63, 3.8) is 0 Å². The Labute approximate surface area is 142 Å². The van der Waals surface area contributed by atoms with Crippen LogP contribution in [0.15, 0.2) is 48.5 Å². The summed E-state index contributed by atoms with van der Waals surface area (Å²) >= 11 is -0.0647. The normalized spacial score (nSPS) is 20.8. The third-order valence-electron chi connectivity index (χ3n) is 4.62. The summed E-state index contributed by atoms with van der Waals surface area (Å²) in [4.78, 5) is 0. The minimum atomic E-state index is -5.34. The van der Waals surface area contributed by atoms with E-state index >= 15 is 0 Å². The maximum atomic E-state index is 13.1. The van der Waals surface area contributed by atoms with E-state index in [1.807, 2.05) is 12.1 Å². The number of halogens is 6. The first-order valence-corrected chi connectivity index (χ1v) is 8.33. The summed E-state index contributed by atoms with van der Waals surface area (Å²) in [5.41, 5.74) is 1.28. The van der Waals surface area contributed by atoms with Gasteiger partial charge in [0.1, 0.15) is 0 Å². The van der Waals surface area contributed by atoms with E-state index in [1.54, 1.807) is 41.0 Å². The number of rotatable bonds is 1. The van der Waals surface area contributed by atoms with Gasteiger partial charge in [-0.25, -0.2) is 0 Å². The van der Waals surface area contributed by atoms with Crippen molar-refractivity contribution < 1.29 is 26.3 Å². The fraction of sp³-hybridized carbons (Fsp3) is 0.294. The average molecular weight is 375 g/mol. The number of fused-ring (bicyclic) bond motifs is 3. The quantitative estimate of drug-likeness (QED) is 0.452. The number of benzene rings is 2. The van der Waals surface area contributed by atoms with Crippen LogP contribution < -0.4 is 0 Å². The third kappa shape index (κ3) is 2.19. The molecule has 1 aromatic heterocycles. The van der Waals surface area contributed by atoms with Gasteiger partial charge in [0.05, 0.1) is 16.4 Å². The smallest absolute Gasteiger partial charge is 0.328 e. The fourth-order valence-corrected chi connectivity index (χ4v) is 4.76. The van der Waals surface area contributed by atoms with E-state index in [9.17, 15) is 26.3 Å². The van der Waals surface area contributed by atoms with E-state index in [1.165, 1.54) is 0 Å². The number of hydrogen-bond acceptors (Lipinski definition) is 1. The molecular formula is C17H11F6NS. The number of para-hydroxylation sites is 2. The van der Waals surface area contributed by atoms with Crippen LogP contribution in [0, 0.1) is 0 Å². The minimum Gasteiger partial charge on any atom is -0.328 e. The van der Waals surface area contributed by atoms with Crippen LogP contribution in [0.4, 0.5) is 26.3 Å². The monoisotopic (exact) mass is 375 g/mol. The number of aromatic nitrogens is 1. The molecule has 1 fully saturated rings. The first kappa shape index (κ1) is 16.6. The molecule has 2 heterocycles. The number of nitrogens with zero attached hydrogens (tertiary/aromatic N) is 1. The molecule has 25 heavy (non-hydrogen) atoms. The SMILES string of the molecule is FC(F)(F)C1(C(F)(F)F)CC(n2c3ccccc3c3ccccc32)S1. The molecule has 0 amide bonds. The fourth-order valence-electron chi connectivity index (χ4n) is 3.40. The van der Waals surface area contributed by atoms with Crippen molar-refractivity contribution in [2.24, 2.45) is 0 Å². The molecule has 1 atom stereocenters. The molecular weight excluding hydrogens is 364 g/mol. The van der Waals surface area contributed by atoms with Crippen molar-refractivity contribution in [3.05, 3.63) is 48.5 Å². The van der Waals surface area contributed by atoms with Crippen molar-refractivity contribution in [3.8, 4) is 0 Å². The maximum absolute atomic E-state index is 13.1. The third-order valence-corrected chi connectivity index (χ3v) is 6.30. The van der Waals surface area contributed by atoms with Crippen molar-refractivity contribution >= 4 is 33.6 Å². The molecule has 0 N–H and O–H groups in total. The topological polar surface area (TPSA) is 4.93 Å². The van der Waals surface area contributed by atoms with Crippen molar-refractivity contribution in [1.29, 1.82) is 0 Å². The Morgan fingerprint density at radius 3 is 1.60 bits per heavy atom. The predicted molar refractivity (Wildman–Crippen MR) is 85.5 cm³/mol. The van der Waals surface area contributed by atoms with E-state index in [4.69, 9.17) is 0 Å². The molecule has 3 aromatic rings. The zero-order chi connectivity index (χ0) is 18.0. The Hall–Kier alpha value is -1.83. The molecule has 132 valence electrons. The Morgan fingerprint density at radius 1 is 0.800 bits per heavy atom. The molecule has 0 bridgehead atoms. The summed E-state index contributed by atoms with van der Waals surface area (Å²) in [6.07, 6.45) is -11.7. The number of thioether (sulfide) groups is 1. The van der Waals surface area contributed by atoms with Crippen LogP contribution in [-0.2, 0) is 0 Å². The zero-order valence-electron chi connectivity index (χ0n) is 12.5. The van der Waals surface area contributed by atoms with Gasteiger partial charge >= 0.3 is 12.4 Å². The lowest BCUT2D eigenvalue weighted by Crippen LogP contribution is -2.60. The molecule has 1 unspecified atom stereocenters. The Morgan fingerprint density at radius 2 is 1.20 bits per heavy atom. The standard InChI is InChI=1S/C17H11F6NS/c18-16(19,20)15(17(21,22)23)9-14(25-15)24-12-7-3-1-5-10(12)11-6-2-4-8-13(11)24/h1-8,14H,9H2. The van der Waals surface area contributed by atoms with E-state index in [0.717, 1.165) is 10.8 Å². The van der Waals surface area contributed by atoms with Gasteiger partial charge in [-0.1, -0.05) is 36.4 Å². The lowest BCUT2D eigenvalue weighted by molar-refractivity contribution is -0.272. The van der Waals surface area contributed by atoms with Crippen LogP contribution in [-0.4, -0.2) is 21.7 Å². The first-order valence-electron chi connectivity index (χ1n) is 7.45. The van der Waals surface area contributed by atoms with Crippen LogP contribution in [0.2, 0.25) is 0 Å². The number of alkyl halides is 6. The summed E-state index contributed by atoms with van der Waals surface area (Å²) < 4.78 is 76.8. The summed E-state index contributed by atoms with van der Waals surface area (Å²) in [6, 6.07) is 14.1.